The molecular formula is C14H20N4O2. The van der Waals surface area contributed by atoms with Gasteiger partial charge in [0.05, 0.1) is 12.0 Å². The fourth-order valence-corrected chi connectivity index (χ4v) is 1.44. The molecule has 0 unspecified atom stereocenters. The smallest absolute Gasteiger partial charge is 0.272 e. The normalized spacial score (nSPS) is 11.9. The number of nitrogens with zero attached hydrogens (tertiary/aromatic N) is 2. The fourth-order valence-electron chi connectivity index (χ4n) is 1.44. The summed E-state index contributed by atoms with van der Waals surface area (Å²) in [4.78, 5) is 27.2. The minimum absolute atomic E-state index is 0.130. The Labute approximate surface area is 118 Å². The second kappa shape index (κ2) is 6.79. The third kappa shape index (κ3) is 6.08. The molecule has 108 valence electrons. The Hall–Kier alpha value is -2.24. The van der Waals surface area contributed by atoms with Gasteiger partial charge in [-0.2, -0.15) is 5.10 Å². The highest BCUT2D eigenvalue weighted by molar-refractivity contribution is 6.01. The van der Waals surface area contributed by atoms with Gasteiger partial charge >= 0.3 is 0 Å². The van der Waals surface area contributed by atoms with Crippen LogP contribution in [0.2, 0.25) is 0 Å². The lowest BCUT2D eigenvalue weighted by Crippen LogP contribution is -2.41. The molecule has 0 spiro atoms. The van der Waals surface area contributed by atoms with E-state index in [0.29, 0.717) is 11.3 Å². The van der Waals surface area contributed by atoms with Crippen molar-refractivity contribution in [1.29, 1.82) is 0 Å². The summed E-state index contributed by atoms with van der Waals surface area (Å²) in [6.07, 6.45) is 3.18. The summed E-state index contributed by atoms with van der Waals surface area (Å²) in [6, 6.07) is 3.31. The van der Waals surface area contributed by atoms with Crippen LogP contribution in [0.15, 0.2) is 29.6 Å². The van der Waals surface area contributed by atoms with E-state index in [1.165, 1.54) is 6.20 Å². The summed E-state index contributed by atoms with van der Waals surface area (Å²) in [7, 11) is 0. The summed E-state index contributed by atoms with van der Waals surface area (Å²) >= 11 is 0. The number of rotatable bonds is 4. The van der Waals surface area contributed by atoms with Gasteiger partial charge < -0.3 is 5.32 Å². The maximum Gasteiger partial charge on any atom is 0.272 e. The van der Waals surface area contributed by atoms with Gasteiger partial charge in [-0.25, -0.2) is 5.43 Å². The predicted octanol–water partition coefficient (Wildman–Crippen LogP) is 1.49. The summed E-state index contributed by atoms with van der Waals surface area (Å²) in [5.74, 6) is -0.483. The maximum absolute atomic E-state index is 11.7. The van der Waals surface area contributed by atoms with Crippen LogP contribution in [0.3, 0.4) is 0 Å². The quantitative estimate of drug-likeness (QED) is 0.645. The van der Waals surface area contributed by atoms with Crippen LogP contribution in [0, 0.1) is 0 Å². The van der Waals surface area contributed by atoms with E-state index in [0.717, 1.165) is 0 Å². The molecular weight excluding hydrogens is 256 g/mol. The molecule has 20 heavy (non-hydrogen) atoms. The highest BCUT2D eigenvalue weighted by Gasteiger charge is 2.14. The van der Waals surface area contributed by atoms with Crippen LogP contribution in [0.1, 0.15) is 44.5 Å². The third-order valence-corrected chi connectivity index (χ3v) is 2.20. The standard InChI is InChI=1S/C14H20N4O2/c1-10(8-12(19)16-14(2,3)4)17-18-13(20)11-6-5-7-15-9-11/h5-7,9H,8H2,1-4H3,(H,16,19)(H,18,20)/b17-10-. The van der Waals surface area contributed by atoms with Crippen molar-refractivity contribution < 1.29 is 9.59 Å². The van der Waals surface area contributed by atoms with Crippen molar-refractivity contribution >= 4 is 17.5 Å². The Morgan fingerprint density at radius 2 is 2.05 bits per heavy atom. The first-order valence-corrected chi connectivity index (χ1v) is 6.32. The Morgan fingerprint density at radius 1 is 1.35 bits per heavy atom. The Morgan fingerprint density at radius 3 is 2.60 bits per heavy atom. The van der Waals surface area contributed by atoms with Crippen LogP contribution < -0.4 is 10.7 Å². The van der Waals surface area contributed by atoms with Gasteiger partial charge in [-0.1, -0.05) is 0 Å². The molecule has 0 bridgehead atoms. The summed E-state index contributed by atoms with van der Waals surface area (Å²) in [5, 5.41) is 6.73. The van der Waals surface area contributed by atoms with E-state index < -0.39 is 0 Å². The zero-order chi connectivity index (χ0) is 15.2. The van der Waals surface area contributed by atoms with Crippen LogP contribution in [-0.4, -0.2) is 28.0 Å². The van der Waals surface area contributed by atoms with E-state index in [1.807, 2.05) is 20.8 Å². The number of hydrazone groups is 1. The van der Waals surface area contributed by atoms with Crippen molar-refractivity contribution in [3.05, 3.63) is 30.1 Å². The molecule has 6 nitrogen and oxygen atoms in total. The second-order valence-corrected chi connectivity index (χ2v) is 5.50. The van der Waals surface area contributed by atoms with Gasteiger partial charge in [0, 0.05) is 23.6 Å². The fraction of sp³-hybridized carbons (Fsp3) is 0.429. The Balaban J connectivity index is 2.50. The second-order valence-electron chi connectivity index (χ2n) is 5.50. The lowest BCUT2D eigenvalue weighted by Gasteiger charge is -2.20. The first kappa shape index (κ1) is 15.8. The molecule has 0 saturated carbocycles. The number of carbonyl (C=O) groups excluding carboxylic acids is 2. The van der Waals surface area contributed by atoms with Crippen molar-refractivity contribution in [2.45, 2.75) is 39.7 Å². The van der Waals surface area contributed by atoms with Crippen molar-refractivity contribution in [2.75, 3.05) is 0 Å². The van der Waals surface area contributed by atoms with Gasteiger partial charge in [-0.05, 0) is 39.8 Å². The first-order chi connectivity index (χ1) is 9.28. The topological polar surface area (TPSA) is 83.5 Å². The van der Waals surface area contributed by atoms with Crippen LogP contribution in [0.5, 0.6) is 0 Å². The zero-order valence-corrected chi connectivity index (χ0v) is 12.2. The highest BCUT2D eigenvalue weighted by atomic mass is 16.2. The molecule has 1 aromatic rings. The summed E-state index contributed by atoms with van der Waals surface area (Å²) < 4.78 is 0. The van der Waals surface area contributed by atoms with Gasteiger partial charge in [0.1, 0.15) is 0 Å². The van der Waals surface area contributed by atoms with Gasteiger partial charge in [-0.3, -0.25) is 14.6 Å². The average Bonchev–Trinajstić information content (AvgIpc) is 2.34. The molecule has 0 aliphatic rings. The number of nitrogens with one attached hydrogen (secondary N) is 2. The van der Waals surface area contributed by atoms with Crippen molar-refractivity contribution in [3.63, 3.8) is 0 Å². The van der Waals surface area contributed by atoms with E-state index in [9.17, 15) is 9.59 Å². The van der Waals surface area contributed by atoms with E-state index in [4.69, 9.17) is 0 Å². The van der Waals surface area contributed by atoms with Crippen molar-refractivity contribution in [3.8, 4) is 0 Å². The van der Waals surface area contributed by atoms with E-state index in [-0.39, 0.29) is 23.8 Å². The number of aromatic nitrogens is 1. The number of amides is 2. The molecule has 0 atom stereocenters. The predicted molar refractivity (Wildman–Crippen MR) is 77.3 cm³/mol. The van der Waals surface area contributed by atoms with Crippen LogP contribution in [0.25, 0.3) is 0 Å². The SMILES string of the molecule is C/C(CC(=O)NC(C)(C)C)=N/NC(=O)c1cccnc1. The molecule has 1 aromatic heterocycles. The van der Waals surface area contributed by atoms with Crippen molar-refractivity contribution in [2.24, 2.45) is 5.10 Å². The molecule has 2 N–H and O–H groups in total. The van der Waals surface area contributed by atoms with Crippen LogP contribution >= 0.6 is 0 Å². The largest absolute Gasteiger partial charge is 0.351 e. The van der Waals surface area contributed by atoms with Gasteiger partial charge in [-0.15, -0.1) is 0 Å². The summed E-state index contributed by atoms with van der Waals surface area (Å²) in [5.41, 5.74) is 3.07. The number of carbonyl (C=O) groups is 2. The van der Waals surface area contributed by atoms with E-state index in [2.05, 4.69) is 20.8 Å². The van der Waals surface area contributed by atoms with Gasteiger partial charge in [0.25, 0.3) is 5.91 Å². The molecule has 0 radical (unpaired) electrons. The Bertz CT molecular complexity index is 504. The minimum Gasteiger partial charge on any atom is -0.351 e. The first-order valence-electron chi connectivity index (χ1n) is 6.32. The molecule has 0 fully saturated rings. The molecule has 6 heteroatoms. The Kier molecular flexibility index (Phi) is 5.37. The van der Waals surface area contributed by atoms with Gasteiger partial charge in [0.15, 0.2) is 0 Å². The number of pyridine rings is 1. The molecule has 0 aliphatic carbocycles. The number of hydrogen-bond donors (Lipinski definition) is 2. The lowest BCUT2D eigenvalue weighted by atomic mass is 10.1. The van der Waals surface area contributed by atoms with Crippen LogP contribution in [-0.2, 0) is 4.79 Å². The minimum atomic E-state index is -0.353. The lowest BCUT2D eigenvalue weighted by molar-refractivity contribution is -0.121. The zero-order valence-electron chi connectivity index (χ0n) is 12.2. The van der Waals surface area contributed by atoms with Gasteiger partial charge in [0.2, 0.25) is 5.91 Å². The molecule has 0 aliphatic heterocycles. The molecule has 2 amide bonds. The highest BCUT2D eigenvalue weighted by Crippen LogP contribution is 2.00. The summed E-state index contributed by atoms with van der Waals surface area (Å²) in [6.45, 7) is 7.40. The third-order valence-electron chi connectivity index (χ3n) is 2.20. The molecule has 1 rings (SSSR count). The maximum atomic E-state index is 11.7. The molecule has 0 aromatic carbocycles. The molecule has 1 heterocycles. The average molecular weight is 276 g/mol. The van der Waals surface area contributed by atoms with Crippen LogP contribution in [0.4, 0.5) is 0 Å². The molecule has 0 saturated heterocycles. The van der Waals surface area contributed by atoms with Crippen molar-refractivity contribution in [1.82, 2.24) is 15.7 Å². The number of hydrogen-bond acceptors (Lipinski definition) is 4. The van der Waals surface area contributed by atoms with E-state index >= 15 is 0 Å². The van der Waals surface area contributed by atoms with E-state index in [1.54, 1.807) is 25.3 Å². The monoisotopic (exact) mass is 276 g/mol.